The lowest BCUT2D eigenvalue weighted by atomic mass is 9.97. The molecular formula is C18H17N3O4. The van der Waals surface area contributed by atoms with Gasteiger partial charge in [0.15, 0.2) is 12.4 Å². The van der Waals surface area contributed by atoms with Crippen LogP contribution in [0, 0.1) is 5.92 Å². The monoisotopic (exact) mass is 339 g/mol. The molecule has 7 heteroatoms. The van der Waals surface area contributed by atoms with Gasteiger partial charge in [0.1, 0.15) is 5.75 Å². The summed E-state index contributed by atoms with van der Waals surface area (Å²) in [6, 6.07) is 14.1. The van der Waals surface area contributed by atoms with Gasteiger partial charge in [-0.2, -0.15) is 5.10 Å². The molecule has 0 radical (unpaired) electrons. The summed E-state index contributed by atoms with van der Waals surface area (Å²) in [5.74, 6) is -1.59. The molecule has 1 aliphatic heterocycles. The van der Waals surface area contributed by atoms with Crippen molar-refractivity contribution in [3.8, 4) is 5.75 Å². The number of carbonyl (C=O) groups excluding carboxylic acids is 1. The van der Waals surface area contributed by atoms with E-state index in [4.69, 9.17) is 15.6 Å². The molecule has 25 heavy (non-hydrogen) atoms. The zero-order valence-electron chi connectivity index (χ0n) is 13.3. The van der Waals surface area contributed by atoms with Gasteiger partial charge in [0.2, 0.25) is 0 Å². The normalized spacial score (nSPS) is 16.0. The second kappa shape index (κ2) is 7.04. The fourth-order valence-electron chi connectivity index (χ4n) is 2.57. The Bertz CT molecular complexity index is 820. The van der Waals surface area contributed by atoms with Gasteiger partial charge in [-0.25, -0.2) is 4.79 Å². The summed E-state index contributed by atoms with van der Waals surface area (Å²) in [5.41, 5.74) is 7.32. The number of nitrogen functional groups attached to an aromatic ring is 1. The number of Topliss-reactive ketones (excluding diaryl/α,β-unsaturated/α-hetero) is 1. The van der Waals surface area contributed by atoms with Crippen molar-refractivity contribution in [3.05, 3.63) is 54.1 Å². The molecular weight excluding hydrogens is 322 g/mol. The minimum Gasteiger partial charge on any atom is -0.481 e. The van der Waals surface area contributed by atoms with E-state index < -0.39 is 18.5 Å². The Morgan fingerprint density at radius 2 is 2.00 bits per heavy atom. The molecule has 1 heterocycles. The standard InChI is InChI=1S/C18H17N3O4/c19-13-6-7-16(25-11-17(22)23)15(8-13)18(24)12-9-20-21(10-12)14-4-2-1-3-5-14/h1-9,12H,10-11,19H2,(H,22,23). The van der Waals surface area contributed by atoms with E-state index in [-0.39, 0.29) is 17.1 Å². The Morgan fingerprint density at radius 3 is 2.72 bits per heavy atom. The van der Waals surface area contributed by atoms with Crippen LogP contribution in [0.4, 0.5) is 11.4 Å². The molecule has 0 bridgehead atoms. The van der Waals surface area contributed by atoms with Gasteiger partial charge in [0.05, 0.1) is 23.7 Å². The van der Waals surface area contributed by atoms with E-state index in [2.05, 4.69) is 5.10 Å². The van der Waals surface area contributed by atoms with E-state index >= 15 is 0 Å². The number of hydrazone groups is 1. The summed E-state index contributed by atoms with van der Waals surface area (Å²) in [6.45, 7) is -0.130. The van der Waals surface area contributed by atoms with Crippen molar-refractivity contribution < 1.29 is 19.4 Å². The average Bonchev–Trinajstić information content (AvgIpc) is 3.11. The maximum Gasteiger partial charge on any atom is 0.341 e. The third kappa shape index (κ3) is 3.77. The van der Waals surface area contributed by atoms with Gasteiger partial charge >= 0.3 is 5.97 Å². The second-order valence-corrected chi connectivity index (χ2v) is 5.59. The molecule has 0 aliphatic carbocycles. The first-order valence-electron chi connectivity index (χ1n) is 7.69. The number of hydrogen-bond acceptors (Lipinski definition) is 6. The number of nitrogens with zero attached hydrogens (tertiary/aromatic N) is 2. The summed E-state index contributed by atoms with van der Waals surface area (Å²) in [7, 11) is 0. The lowest BCUT2D eigenvalue weighted by Gasteiger charge is -2.16. The number of anilines is 2. The average molecular weight is 339 g/mol. The Labute approximate surface area is 144 Å². The summed E-state index contributed by atoms with van der Waals surface area (Å²) in [4.78, 5) is 23.6. The largest absolute Gasteiger partial charge is 0.481 e. The third-order valence-electron chi connectivity index (χ3n) is 3.77. The van der Waals surface area contributed by atoms with Gasteiger partial charge in [-0.3, -0.25) is 9.80 Å². The number of ketones is 1. The summed E-state index contributed by atoms with van der Waals surface area (Å²) >= 11 is 0. The minimum atomic E-state index is -1.12. The highest BCUT2D eigenvalue weighted by Gasteiger charge is 2.28. The maximum atomic E-state index is 12.8. The van der Waals surface area contributed by atoms with Crippen molar-refractivity contribution in [3.63, 3.8) is 0 Å². The molecule has 7 nitrogen and oxygen atoms in total. The number of rotatable bonds is 6. The van der Waals surface area contributed by atoms with Crippen molar-refractivity contribution in [2.45, 2.75) is 0 Å². The number of ether oxygens (including phenoxy) is 1. The van der Waals surface area contributed by atoms with Gasteiger partial charge in [0, 0.05) is 11.9 Å². The lowest BCUT2D eigenvalue weighted by molar-refractivity contribution is -0.139. The maximum absolute atomic E-state index is 12.8. The number of para-hydroxylation sites is 1. The highest BCUT2D eigenvalue weighted by Crippen LogP contribution is 2.27. The van der Waals surface area contributed by atoms with Crippen molar-refractivity contribution in [1.82, 2.24) is 0 Å². The van der Waals surface area contributed by atoms with Crippen LogP contribution < -0.4 is 15.5 Å². The van der Waals surface area contributed by atoms with Crippen LogP contribution in [0.1, 0.15) is 10.4 Å². The van der Waals surface area contributed by atoms with Crippen LogP contribution in [0.25, 0.3) is 0 Å². The van der Waals surface area contributed by atoms with Gasteiger partial charge < -0.3 is 15.6 Å². The molecule has 0 amide bonds. The number of aliphatic carboxylic acids is 1. The summed E-state index contributed by atoms with van der Waals surface area (Å²) in [6.07, 6.45) is 1.58. The Morgan fingerprint density at radius 1 is 1.24 bits per heavy atom. The number of carbonyl (C=O) groups is 2. The van der Waals surface area contributed by atoms with Gasteiger partial charge in [-0.15, -0.1) is 0 Å². The first-order chi connectivity index (χ1) is 12.0. The van der Waals surface area contributed by atoms with Gasteiger partial charge in [0.25, 0.3) is 0 Å². The number of hydrogen-bond donors (Lipinski definition) is 2. The number of benzene rings is 2. The highest BCUT2D eigenvalue weighted by atomic mass is 16.5. The summed E-state index contributed by atoms with van der Waals surface area (Å²) < 4.78 is 5.21. The molecule has 1 aliphatic rings. The fourth-order valence-corrected chi connectivity index (χ4v) is 2.57. The molecule has 3 rings (SSSR count). The van der Waals surface area contributed by atoms with Crippen LogP contribution in [0.15, 0.2) is 53.6 Å². The molecule has 2 aromatic rings. The number of carboxylic acid groups (broad SMARTS) is 1. The molecule has 1 unspecified atom stereocenters. The van der Waals surface area contributed by atoms with E-state index in [1.54, 1.807) is 17.3 Å². The van der Waals surface area contributed by atoms with Crippen molar-refractivity contribution in [1.29, 1.82) is 0 Å². The molecule has 0 saturated heterocycles. The van der Waals surface area contributed by atoms with Crippen LogP contribution in [0.3, 0.4) is 0 Å². The highest BCUT2D eigenvalue weighted by molar-refractivity contribution is 6.09. The molecule has 128 valence electrons. The zero-order valence-corrected chi connectivity index (χ0v) is 13.3. The van der Waals surface area contributed by atoms with Crippen molar-refractivity contribution in [2.75, 3.05) is 23.9 Å². The van der Waals surface area contributed by atoms with Crippen LogP contribution >= 0.6 is 0 Å². The molecule has 0 saturated carbocycles. The third-order valence-corrected chi connectivity index (χ3v) is 3.77. The van der Waals surface area contributed by atoms with Crippen LogP contribution in [0.2, 0.25) is 0 Å². The Hall–Kier alpha value is -3.35. The van der Waals surface area contributed by atoms with Gasteiger partial charge in [-0.1, -0.05) is 18.2 Å². The van der Waals surface area contributed by atoms with E-state index in [0.717, 1.165) is 5.69 Å². The Balaban J connectivity index is 1.78. The van der Waals surface area contributed by atoms with Gasteiger partial charge in [-0.05, 0) is 30.3 Å². The smallest absolute Gasteiger partial charge is 0.341 e. The Kier molecular flexibility index (Phi) is 4.65. The summed E-state index contributed by atoms with van der Waals surface area (Å²) in [5, 5.41) is 14.8. The zero-order chi connectivity index (χ0) is 17.8. The first kappa shape index (κ1) is 16.5. The molecule has 0 fully saturated rings. The predicted molar refractivity (Wildman–Crippen MR) is 94.1 cm³/mol. The molecule has 0 aromatic heterocycles. The van der Waals surface area contributed by atoms with E-state index in [1.165, 1.54) is 12.1 Å². The van der Waals surface area contributed by atoms with Crippen LogP contribution in [-0.2, 0) is 4.79 Å². The van der Waals surface area contributed by atoms with Crippen molar-refractivity contribution >= 4 is 29.3 Å². The lowest BCUT2D eigenvalue weighted by Crippen LogP contribution is -2.24. The van der Waals surface area contributed by atoms with E-state index in [9.17, 15) is 9.59 Å². The van der Waals surface area contributed by atoms with Crippen LogP contribution in [0.5, 0.6) is 5.75 Å². The van der Waals surface area contributed by atoms with E-state index in [1.807, 2.05) is 30.3 Å². The SMILES string of the molecule is Nc1ccc(OCC(=O)O)c(C(=O)C2C=NN(c3ccccc3)C2)c1. The molecule has 3 N–H and O–H groups in total. The van der Waals surface area contributed by atoms with E-state index in [0.29, 0.717) is 12.2 Å². The fraction of sp³-hybridized carbons (Fsp3) is 0.167. The molecule has 2 aromatic carbocycles. The minimum absolute atomic E-state index is 0.202. The number of nitrogens with two attached hydrogens (primary N) is 1. The first-order valence-corrected chi connectivity index (χ1v) is 7.69. The molecule has 1 atom stereocenters. The quantitative estimate of drug-likeness (QED) is 0.616. The predicted octanol–water partition coefficient (Wildman–Crippen LogP) is 2.04. The van der Waals surface area contributed by atoms with Crippen LogP contribution in [-0.4, -0.2) is 36.2 Å². The number of carboxylic acids is 1. The molecule has 0 spiro atoms. The second-order valence-electron chi connectivity index (χ2n) is 5.59. The van der Waals surface area contributed by atoms with Crippen molar-refractivity contribution in [2.24, 2.45) is 11.0 Å². The topological polar surface area (TPSA) is 105 Å².